The van der Waals surface area contributed by atoms with Crippen molar-refractivity contribution in [2.75, 3.05) is 0 Å². The second kappa shape index (κ2) is 4.87. The fourth-order valence-corrected chi connectivity index (χ4v) is 5.16. The van der Waals surface area contributed by atoms with E-state index in [1.807, 2.05) is 6.92 Å². The molecule has 0 saturated heterocycles. The van der Waals surface area contributed by atoms with Crippen molar-refractivity contribution in [1.82, 2.24) is 5.32 Å². The van der Waals surface area contributed by atoms with Gasteiger partial charge in [0.05, 0.1) is 6.04 Å². The first-order valence-corrected chi connectivity index (χ1v) is 8.81. The number of rotatable bonds is 2. The third kappa shape index (κ3) is 2.39. The number of nitrogens with one attached hydrogen (secondary N) is 1. The van der Waals surface area contributed by atoms with Crippen molar-refractivity contribution in [3.05, 3.63) is 23.2 Å². The Labute approximate surface area is 132 Å². The maximum Gasteiger partial charge on any atom is 0.223 e. The van der Waals surface area contributed by atoms with E-state index in [2.05, 4.69) is 25.2 Å². The first kappa shape index (κ1) is 14.3. The summed E-state index contributed by atoms with van der Waals surface area (Å²) in [6, 6.07) is 2.25. The molecule has 120 valence electrons. The Morgan fingerprint density at radius 2 is 2.14 bits per heavy atom. The van der Waals surface area contributed by atoms with Crippen molar-refractivity contribution >= 4 is 5.91 Å². The number of furan rings is 1. The van der Waals surface area contributed by atoms with E-state index in [-0.39, 0.29) is 17.4 Å². The summed E-state index contributed by atoms with van der Waals surface area (Å²) >= 11 is 0. The number of carbonyl (C=O) groups is 1. The van der Waals surface area contributed by atoms with E-state index in [1.54, 1.807) is 0 Å². The summed E-state index contributed by atoms with van der Waals surface area (Å²) in [6.45, 7) is 6.54. The number of hydrogen-bond acceptors (Lipinski definition) is 2. The van der Waals surface area contributed by atoms with Gasteiger partial charge >= 0.3 is 0 Å². The van der Waals surface area contributed by atoms with Crippen molar-refractivity contribution in [1.29, 1.82) is 0 Å². The fourth-order valence-electron chi connectivity index (χ4n) is 5.16. The maximum atomic E-state index is 12.8. The molecular formula is C19H27NO2. The number of fused-ring (bicyclic) bond motifs is 3. The largest absolute Gasteiger partial charge is 0.466 e. The van der Waals surface area contributed by atoms with Crippen LogP contribution < -0.4 is 5.32 Å². The molecule has 0 unspecified atom stereocenters. The Hall–Kier alpha value is -1.25. The summed E-state index contributed by atoms with van der Waals surface area (Å²) in [7, 11) is 0. The minimum Gasteiger partial charge on any atom is -0.466 e. The second-order valence-corrected chi connectivity index (χ2v) is 8.62. The van der Waals surface area contributed by atoms with Crippen LogP contribution in [0.15, 0.2) is 10.5 Å². The Kier molecular flexibility index (Phi) is 3.18. The van der Waals surface area contributed by atoms with Gasteiger partial charge < -0.3 is 9.73 Å². The smallest absolute Gasteiger partial charge is 0.223 e. The molecule has 3 aliphatic carbocycles. The van der Waals surface area contributed by atoms with Crippen LogP contribution in [-0.4, -0.2) is 5.91 Å². The van der Waals surface area contributed by atoms with E-state index in [4.69, 9.17) is 4.42 Å². The third-order valence-electron chi connectivity index (χ3n) is 6.13. The van der Waals surface area contributed by atoms with Gasteiger partial charge in [0.2, 0.25) is 5.91 Å². The van der Waals surface area contributed by atoms with Crippen LogP contribution in [0.1, 0.15) is 69.1 Å². The minimum absolute atomic E-state index is 0.128. The number of carbonyl (C=O) groups excluding carboxylic acids is 1. The normalized spacial score (nSPS) is 35.4. The molecule has 1 aromatic heterocycles. The van der Waals surface area contributed by atoms with Gasteiger partial charge in [-0.25, -0.2) is 0 Å². The number of amides is 1. The van der Waals surface area contributed by atoms with E-state index >= 15 is 0 Å². The molecule has 3 aliphatic rings. The second-order valence-electron chi connectivity index (χ2n) is 8.62. The standard InChI is InChI=1S/C19H27NO2/c1-11-6-15-16(9-19(2,3)10-17(15)22-11)20-18(21)14-8-12-4-5-13(14)7-12/h6,12-14,16H,4-5,7-10H2,1-3H3,(H,20,21)/t12-,13-,14+,16-/m0/s1. The molecule has 0 aromatic carbocycles. The van der Waals surface area contributed by atoms with Gasteiger partial charge in [0.15, 0.2) is 0 Å². The highest BCUT2D eigenvalue weighted by Gasteiger charge is 2.44. The summed E-state index contributed by atoms with van der Waals surface area (Å²) in [5.41, 5.74) is 1.40. The average Bonchev–Trinajstić information content (AvgIpc) is 3.11. The predicted octanol–water partition coefficient (Wildman–Crippen LogP) is 4.15. The molecule has 4 rings (SSSR count). The SMILES string of the molecule is Cc1cc2c(o1)CC(C)(C)C[C@@H]2NC(=O)[C@@H]1C[C@H]2CC[C@H]1C2. The summed E-state index contributed by atoms with van der Waals surface area (Å²) in [5.74, 6) is 4.05. The van der Waals surface area contributed by atoms with Crippen LogP contribution in [0.25, 0.3) is 0 Å². The quantitative estimate of drug-likeness (QED) is 0.891. The Bertz CT molecular complexity index is 601. The summed E-state index contributed by atoms with van der Waals surface area (Å²) < 4.78 is 5.88. The van der Waals surface area contributed by atoms with Crippen molar-refractivity contribution in [2.45, 2.75) is 65.3 Å². The highest BCUT2D eigenvalue weighted by Crippen LogP contribution is 2.49. The summed E-state index contributed by atoms with van der Waals surface area (Å²) in [5, 5.41) is 3.37. The van der Waals surface area contributed by atoms with E-state index in [9.17, 15) is 4.79 Å². The first-order valence-electron chi connectivity index (χ1n) is 8.81. The van der Waals surface area contributed by atoms with Crippen LogP contribution in [0.5, 0.6) is 0 Å². The highest BCUT2D eigenvalue weighted by atomic mass is 16.3. The molecule has 2 fully saturated rings. The summed E-state index contributed by atoms with van der Waals surface area (Å²) in [4.78, 5) is 12.8. The molecule has 0 spiro atoms. The topological polar surface area (TPSA) is 42.2 Å². The molecule has 1 aromatic rings. The van der Waals surface area contributed by atoms with Crippen molar-refractivity contribution < 1.29 is 9.21 Å². The van der Waals surface area contributed by atoms with E-state index in [0.717, 1.165) is 36.7 Å². The van der Waals surface area contributed by atoms with Crippen LogP contribution in [0.3, 0.4) is 0 Å². The summed E-state index contributed by atoms with van der Waals surface area (Å²) in [6.07, 6.45) is 6.97. The van der Waals surface area contributed by atoms with Crippen LogP contribution in [0.2, 0.25) is 0 Å². The number of hydrogen-bond donors (Lipinski definition) is 1. The van der Waals surface area contributed by atoms with Gasteiger partial charge in [-0.15, -0.1) is 0 Å². The van der Waals surface area contributed by atoms with Crippen LogP contribution in [-0.2, 0) is 11.2 Å². The van der Waals surface area contributed by atoms with Gasteiger partial charge in [0, 0.05) is 17.9 Å². The zero-order valence-corrected chi connectivity index (χ0v) is 13.9. The van der Waals surface area contributed by atoms with Crippen molar-refractivity contribution in [3.8, 4) is 0 Å². The monoisotopic (exact) mass is 301 g/mol. The lowest BCUT2D eigenvalue weighted by Gasteiger charge is -2.35. The molecule has 2 bridgehead atoms. The van der Waals surface area contributed by atoms with E-state index in [1.165, 1.54) is 24.8 Å². The molecule has 1 heterocycles. The molecule has 1 N–H and O–H groups in total. The molecule has 4 atom stereocenters. The van der Waals surface area contributed by atoms with Gasteiger partial charge in [-0.3, -0.25) is 4.79 Å². The molecule has 0 radical (unpaired) electrons. The predicted molar refractivity (Wildman–Crippen MR) is 85.4 cm³/mol. The highest BCUT2D eigenvalue weighted by molar-refractivity contribution is 5.80. The first-order chi connectivity index (χ1) is 10.4. The number of aryl methyl sites for hydroxylation is 1. The Balaban J connectivity index is 1.53. The molecule has 2 saturated carbocycles. The van der Waals surface area contributed by atoms with Crippen molar-refractivity contribution in [2.24, 2.45) is 23.2 Å². The van der Waals surface area contributed by atoms with Crippen LogP contribution in [0.4, 0.5) is 0 Å². The van der Waals surface area contributed by atoms with E-state index in [0.29, 0.717) is 11.8 Å². The molecule has 0 aliphatic heterocycles. The van der Waals surface area contributed by atoms with Gasteiger partial charge in [-0.1, -0.05) is 20.3 Å². The zero-order valence-electron chi connectivity index (χ0n) is 13.9. The van der Waals surface area contributed by atoms with E-state index < -0.39 is 0 Å². The lowest BCUT2D eigenvalue weighted by Crippen LogP contribution is -2.40. The lowest BCUT2D eigenvalue weighted by atomic mass is 9.74. The molecular weight excluding hydrogens is 274 g/mol. The average molecular weight is 301 g/mol. The molecule has 3 heteroatoms. The lowest BCUT2D eigenvalue weighted by molar-refractivity contribution is -0.127. The van der Waals surface area contributed by atoms with Gasteiger partial charge in [-0.2, -0.15) is 0 Å². The fraction of sp³-hybridized carbons (Fsp3) is 0.737. The van der Waals surface area contributed by atoms with Gasteiger partial charge in [0.25, 0.3) is 0 Å². The molecule has 22 heavy (non-hydrogen) atoms. The maximum absolute atomic E-state index is 12.8. The minimum atomic E-state index is 0.128. The molecule has 3 nitrogen and oxygen atoms in total. The third-order valence-corrected chi connectivity index (χ3v) is 6.13. The van der Waals surface area contributed by atoms with Crippen molar-refractivity contribution in [3.63, 3.8) is 0 Å². The zero-order chi connectivity index (χ0) is 15.5. The van der Waals surface area contributed by atoms with Gasteiger partial charge in [-0.05, 0) is 55.9 Å². The molecule has 1 amide bonds. The Morgan fingerprint density at radius 1 is 1.32 bits per heavy atom. The van der Waals surface area contributed by atoms with Gasteiger partial charge in [0.1, 0.15) is 11.5 Å². The Morgan fingerprint density at radius 3 is 2.82 bits per heavy atom. The van der Waals surface area contributed by atoms with Crippen LogP contribution in [0, 0.1) is 30.1 Å². The van der Waals surface area contributed by atoms with Crippen LogP contribution >= 0.6 is 0 Å².